The third-order valence-corrected chi connectivity index (χ3v) is 3.99. The lowest BCUT2D eigenvalue weighted by molar-refractivity contribution is -0.131. The highest BCUT2D eigenvalue weighted by atomic mass is 35.5. The average molecular weight is 288 g/mol. The summed E-state index contributed by atoms with van der Waals surface area (Å²) in [5.41, 5.74) is 0. The first-order chi connectivity index (χ1) is 8.77. The van der Waals surface area contributed by atoms with Crippen LogP contribution in [0.15, 0.2) is 17.5 Å². The largest absolute Gasteiger partial charge is 0.342 e. The molecule has 0 aliphatic rings. The van der Waals surface area contributed by atoms with Crippen LogP contribution < -0.4 is 0 Å². The monoisotopic (exact) mass is 287 g/mol. The number of hydrogen-bond donors (Lipinski definition) is 0. The SMILES string of the molecule is CCCCN(CCCl)C(=O)CCCc1cccs1. The van der Waals surface area contributed by atoms with Gasteiger partial charge < -0.3 is 4.90 Å². The minimum atomic E-state index is 0.251. The predicted octanol–water partition coefficient (Wildman–Crippen LogP) is 3.94. The van der Waals surface area contributed by atoms with Gasteiger partial charge >= 0.3 is 0 Å². The highest BCUT2D eigenvalue weighted by Crippen LogP contribution is 2.12. The van der Waals surface area contributed by atoms with Crippen LogP contribution in [0.3, 0.4) is 0 Å². The standard InChI is InChI=1S/C14H22ClNOS/c1-2-3-10-16(11-9-15)14(17)8-4-6-13-7-5-12-18-13/h5,7,12H,2-4,6,8-11H2,1H3. The van der Waals surface area contributed by atoms with Gasteiger partial charge in [-0.15, -0.1) is 22.9 Å². The van der Waals surface area contributed by atoms with E-state index in [1.54, 1.807) is 11.3 Å². The van der Waals surface area contributed by atoms with Gasteiger partial charge in [-0.2, -0.15) is 0 Å². The molecule has 0 N–H and O–H groups in total. The molecule has 1 rings (SSSR count). The molecule has 18 heavy (non-hydrogen) atoms. The van der Waals surface area contributed by atoms with Gasteiger partial charge in [-0.25, -0.2) is 0 Å². The molecule has 0 bridgehead atoms. The molecule has 4 heteroatoms. The van der Waals surface area contributed by atoms with Crippen LogP contribution in [0.4, 0.5) is 0 Å². The smallest absolute Gasteiger partial charge is 0.222 e. The number of rotatable bonds is 9. The van der Waals surface area contributed by atoms with Gasteiger partial charge in [-0.1, -0.05) is 19.4 Å². The Morgan fingerprint density at radius 1 is 1.39 bits per heavy atom. The fourth-order valence-electron chi connectivity index (χ4n) is 1.84. The molecule has 1 aromatic heterocycles. The third-order valence-electron chi connectivity index (χ3n) is 2.88. The Kier molecular flexibility index (Phi) is 8.10. The summed E-state index contributed by atoms with van der Waals surface area (Å²) in [6.07, 6.45) is 4.75. The summed E-state index contributed by atoms with van der Waals surface area (Å²) in [5.74, 6) is 0.779. The average Bonchev–Trinajstić information content (AvgIpc) is 2.87. The van der Waals surface area contributed by atoms with Gasteiger partial charge in [0.05, 0.1) is 0 Å². The molecule has 0 aromatic carbocycles. The van der Waals surface area contributed by atoms with Crippen LogP contribution in [-0.4, -0.2) is 29.8 Å². The summed E-state index contributed by atoms with van der Waals surface area (Å²) in [5, 5.41) is 2.08. The fourth-order valence-corrected chi connectivity index (χ4v) is 2.79. The Morgan fingerprint density at radius 2 is 2.22 bits per heavy atom. The number of unbranched alkanes of at least 4 members (excludes halogenated alkanes) is 1. The van der Waals surface area contributed by atoms with E-state index in [9.17, 15) is 4.79 Å². The molecular weight excluding hydrogens is 266 g/mol. The number of amides is 1. The molecule has 0 radical (unpaired) electrons. The number of carbonyl (C=O) groups excluding carboxylic acids is 1. The number of nitrogens with zero attached hydrogens (tertiary/aromatic N) is 1. The van der Waals surface area contributed by atoms with Crippen LogP contribution in [-0.2, 0) is 11.2 Å². The quantitative estimate of drug-likeness (QED) is 0.630. The van der Waals surface area contributed by atoms with Crippen LogP contribution in [0, 0.1) is 0 Å². The van der Waals surface area contributed by atoms with E-state index in [2.05, 4.69) is 24.4 Å². The lowest BCUT2D eigenvalue weighted by atomic mass is 10.2. The van der Waals surface area contributed by atoms with Crippen molar-refractivity contribution >= 4 is 28.8 Å². The maximum Gasteiger partial charge on any atom is 0.222 e. The number of halogens is 1. The van der Waals surface area contributed by atoms with Gasteiger partial charge in [0.2, 0.25) is 5.91 Å². The van der Waals surface area contributed by atoms with Crippen LogP contribution in [0.1, 0.15) is 37.5 Å². The summed E-state index contributed by atoms with van der Waals surface area (Å²) in [6.45, 7) is 3.67. The molecule has 0 fully saturated rings. The number of aryl methyl sites for hydroxylation is 1. The zero-order chi connectivity index (χ0) is 13.2. The molecule has 1 heterocycles. The maximum atomic E-state index is 12.0. The summed E-state index contributed by atoms with van der Waals surface area (Å²) >= 11 is 7.50. The third kappa shape index (κ3) is 5.87. The van der Waals surface area contributed by atoms with E-state index in [0.29, 0.717) is 18.8 Å². The van der Waals surface area contributed by atoms with Crippen molar-refractivity contribution in [3.63, 3.8) is 0 Å². The molecule has 0 spiro atoms. The molecule has 0 aliphatic heterocycles. The van der Waals surface area contributed by atoms with Crippen LogP contribution in [0.2, 0.25) is 0 Å². The molecular formula is C14H22ClNOS. The second kappa shape index (κ2) is 9.40. The van der Waals surface area contributed by atoms with E-state index in [4.69, 9.17) is 11.6 Å². The Balaban J connectivity index is 2.27. The van der Waals surface area contributed by atoms with Gasteiger partial charge in [0.1, 0.15) is 0 Å². The molecule has 102 valence electrons. The van der Waals surface area contributed by atoms with Crippen molar-refractivity contribution in [2.75, 3.05) is 19.0 Å². The van der Waals surface area contributed by atoms with Gasteiger partial charge in [-0.3, -0.25) is 4.79 Å². The molecule has 2 nitrogen and oxygen atoms in total. The zero-order valence-corrected chi connectivity index (χ0v) is 12.6. The summed E-state index contributed by atoms with van der Waals surface area (Å²) in [7, 11) is 0. The Morgan fingerprint density at radius 3 is 2.83 bits per heavy atom. The first-order valence-electron chi connectivity index (χ1n) is 6.64. The second-order valence-electron chi connectivity index (χ2n) is 4.36. The summed E-state index contributed by atoms with van der Waals surface area (Å²) in [4.78, 5) is 15.3. The van der Waals surface area contributed by atoms with Gasteiger partial charge in [0.15, 0.2) is 0 Å². The van der Waals surface area contributed by atoms with E-state index in [-0.39, 0.29) is 5.91 Å². The molecule has 1 amide bonds. The first-order valence-corrected chi connectivity index (χ1v) is 8.05. The zero-order valence-electron chi connectivity index (χ0n) is 11.0. The van der Waals surface area contributed by atoms with Gasteiger partial charge in [0.25, 0.3) is 0 Å². The van der Waals surface area contributed by atoms with Crippen molar-refractivity contribution in [2.24, 2.45) is 0 Å². The highest BCUT2D eigenvalue weighted by Gasteiger charge is 2.11. The lowest BCUT2D eigenvalue weighted by Crippen LogP contribution is -2.33. The van der Waals surface area contributed by atoms with E-state index in [1.807, 2.05) is 4.90 Å². The van der Waals surface area contributed by atoms with Crippen molar-refractivity contribution in [1.29, 1.82) is 0 Å². The first kappa shape index (κ1) is 15.5. The van der Waals surface area contributed by atoms with E-state index in [0.717, 1.165) is 32.2 Å². The van der Waals surface area contributed by atoms with E-state index < -0.39 is 0 Å². The number of carbonyl (C=O) groups is 1. The predicted molar refractivity (Wildman–Crippen MR) is 79.5 cm³/mol. The second-order valence-corrected chi connectivity index (χ2v) is 5.77. The van der Waals surface area contributed by atoms with Crippen LogP contribution in [0.5, 0.6) is 0 Å². The summed E-state index contributed by atoms with van der Waals surface area (Å²) < 4.78 is 0. The molecule has 0 atom stereocenters. The van der Waals surface area contributed by atoms with Gasteiger partial charge in [0, 0.05) is 30.3 Å². The molecule has 0 saturated heterocycles. The van der Waals surface area contributed by atoms with E-state index >= 15 is 0 Å². The lowest BCUT2D eigenvalue weighted by Gasteiger charge is -2.21. The molecule has 0 unspecified atom stereocenters. The van der Waals surface area contributed by atoms with Crippen molar-refractivity contribution < 1.29 is 4.79 Å². The number of thiophene rings is 1. The van der Waals surface area contributed by atoms with Crippen LogP contribution >= 0.6 is 22.9 Å². The normalized spacial score (nSPS) is 10.6. The van der Waals surface area contributed by atoms with Crippen LogP contribution in [0.25, 0.3) is 0 Å². The van der Waals surface area contributed by atoms with Crippen molar-refractivity contribution in [3.8, 4) is 0 Å². The molecule has 0 aliphatic carbocycles. The minimum absolute atomic E-state index is 0.251. The Labute approximate surface area is 119 Å². The van der Waals surface area contributed by atoms with Crippen molar-refractivity contribution in [1.82, 2.24) is 4.90 Å². The maximum absolute atomic E-state index is 12.0. The van der Waals surface area contributed by atoms with Gasteiger partial charge in [-0.05, 0) is 30.7 Å². The number of alkyl halides is 1. The molecule has 1 aromatic rings. The van der Waals surface area contributed by atoms with Crippen molar-refractivity contribution in [3.05, 3.63) is 22.4 Å². The highest BCUT2D eigenvalue weighted by molar-refractivity contribution is 7.09. The summed E-state index contributed by atoms with van der Waals surface area (Å²) in [6, 6.07) is 4.19. The number of hydrogen-bond acceptors (Lipinski definition) is 2. The van der Waals surface area contributed by atoms with Crippen molar-refractivity contribution in [2.45, 2.75) is 39.0 Å². The fraction of sp³-hybridized carbons (Fsp3) is 0.643. The Hall–Kier alpha value is -0.540. The topological polar surface area (TPSA) is 20.3 Å². The molecule has 0 saturated carbocycles. The minimum Gasteiger partial charge on any atom is -0.342 e. The Bertz CT molecular complexity index is 327. The van der Waals surface area contributed by atoms with E-state index in [1.165, 1.54) is 4.88 Å².